The van der Waals surface area contributed by atoms with Crippen LogP contribution in [0.25, 0.3) is 0 Å². The molecule has 32 heavy (non-hydrogen) atoms. The van der Waals surface area contributed by atoms with Gasteiger partial charge in [0.25, 0.3) is 0 Å². The van der Waals surface area contributed by atoms with Crippen molar-refractivity contribution in [2.45, 2.75) is 103 Å². The zero-order valence-corrected chi connectivity index (χ0v) is 20.8. The molecule has 0 aromatic rings. The standard InChI is InChI=1S/C23H46NO7P/c1-2-3-4-5-6-7-8-9-10-11-12-13-14-15-16-17-23(26)31-22(20-25)21-30-32(27,28)29-19-18-24/h9-10,22,25H,2-8,11-21,24H2,1H3,(H,27,28)/b10-9-. The number of aliphatic hydroxyl groups excluding tert-OH is 1. The van der Waals surface area contributed by atoms with Gasteiger partial charge in [-0.1, -0.05) is 70.4 Å². The average Bonchev–Trinajstić information content (AvgIpc) is 2.77. The minimum Gasteiger partial charge on any atom is -0.457 e. The molecule has 4 N–H and O–H groups in total. The summed E-state index contributed by atoms with van der Waals surface area (Å²) >= 11 is 0. The Bertz CT molecular complexity index is 517. The Labute approximate surface area is 194 Å². The number of phosphoric acid groups is 1. The van der Waals surface area contributed by atoms with Crippen molar-refractivity contribution in [3.8, 4) is 0 Å². The molecule has 0 amide bonds. The Morgan fingerprint density at radius 1 is 0.938 bits per heavy atom. The third kappa shape index (κ3) is 21.1. The fourth-order valence-corrected chi connectivity index (χ4v) is 3.86. The predicted octanol–water partition coefficient (Wildman–Crippen LogP) is 5.02. The molecule has 0 saturated heterocycles. The van der Waals surface area contributed by atoms with Gasteiger partial charge in [-0.25, -0.2) is 4.57 Å². The largest absolute Gasteiger partial charge is 0.472 e. The minimum absolute atomic E-state index is 0.0717. The number of carbonyl (C=O) groups excluding carboxylic acids is 1. The monoisotopic (exact) mass is 479 g/mol. The van der Waals surface area contributed by atoms with E-state index in [2.05, 4.69) is 23.6 Å². The quantitative estimate of drug-likeness (QED) is 0.0806. The normalized spacial score (nSPS) is 14.5. The van der Waals surface area contributed by atoms with Gasteiger partial charge < -0.3 is 20.5 Å². The molecule has 2 atom stereocenters. The summed E-state index contributed by atoms with van der Waals surface area (Å²) in [5.41, 5.74) is 5.19. The molecule has 0 heterocycles. The summed E-state index contributed by atoms with van der Waals surface area (Å²) in [5.74, 6) is -0.457. The number of hydrogen-bond acceptors (Lipinski definition) is 7. The molecule has 9 heteroatoms. The summed E-state index contributed by atoms with van der Waals surface area (Å²) in [6.07, 6.45) is 19.2. The van der Waals surface area contributed by atoms with E-state index in [0.717, 1.165) is 32.1 Å². The number of nitrogens with two attached hydrogens (primary N) is 1. The highest BCUT2D eigenvalue weighted by atomic mass is 31.2. The molecule has 0 bridgehead atoms. The van der Waals surface area contributed by atoms with E-state index in [1.54, 1.807) is 0 Å². The van der Waals surface area contributed by atoms with E-state index in [9.17, 15) is 19.4 Å². The predicted molar refractivity (Wildman–Crippen MR) is 127 cm³/mol. The third-order valence-corrected chi connectivity index (χ3v) is 5.92. The second-order valence-corrected chi connectivity index (χ2v) is 9.47. The van der Waals surface area contributed by atoms with Crippen LogP contribution in [-0.4, -0.2) is 48.4 Å². The number of rotatable bonds is 23. The van der Waals surface area contributed by atoms with E-state index in [1.807, 2.05) is 0 Å². The highest BCUT2D eigenvalue weighted by molar-refractivity contribution is 7.47. The maximum atomic E-state index is 11.9. The first-order valence-corrected chi connectivity index (χ1v) is 13.7. The Morgan fingerprint density at radius 3 is 2.06 bits per heavy atom. The molecule has 0 radical (unpaired) electrons. The van der Waals surface area contributed by atoms with Crippen LogP contribution in [0.4, 0.5) is 0 Å². The molecule has 0 aromatic heterocycles. The van der Waals surface area contributed by atoms with Crippen molar-refractivity contribution in [2.24, 2.45) is 5.73 Å². The van der Waals surface area contributed by atoms with Crippen LogP contribution in [0, 0.1) is 0 Å². The smallest absolute Gasteiger partial charge is 0.457 e. The van der Waals surface area contributed by atoms with Crippen LogP contribution in [0.3, 0.4) is 0 Å². The summed E-state index contributed by atoms with van der Waals surface area (Å²) in [7, 11) is -4.26. The fourth-order valence-electron chi connectivity index (χ4n) is 3.09. The number of allylic oxidation sites excluding steroid dienone is 2. The van der Waals surface area contributed by atoms with Gasteiger partial charge in [-0.3, -0.25) is 13.8 Å². The van der Waals surface area contributed by atoms with Gasteiger partial charge in [0.1, 0.15) is 6.10 Å². The van der Waals surface area contributed by atoms with Crippen molar-refractivity contribution in [1.29, 1.82) is 0 Å². The van der Waals surface area contributed by atoms with Gasteiger partial charge in [0, 0.05) is 13.0 Å². The molecule has 8 nitrogen and oxygen atoms in total. The molecule has 0 aliphatic rings. The molecular formula is C23H46NO7P. The molecular weight excluding hydrogens is 433 g/mol. The van der Waals surface area contributed by atoms with Gasteiger partial charge in [0.05, 0.1) is 19.8 Å². The Kier molecular flexibility index (Phi) is 21.5. The first kappa shape index (κ1) is 31.2. The number of carbonyl (C=O) groups is 1. The molecule has 0 rings (SSSR count). The topological polar surface area (TPSA) is 128 Å². The third-order valence-electron chi connectivity index (χ3n) is 4.94. The number of esters is 1. The van der Waals surface area contributed by atoms with E-state index in [4.69, 9.17) is 15.0 Å². The number of ether oxygens (including phenoxy) is 1. The molecule has 0 aliphatic carbocycles. The number of unbranched alkanes of at least 4 members (excludes halogenated alkanes) is 11. The van der Waals surface area contributed by atoms with Crippen molar-refractivity contribution in [1.82, 2.24) is 0 Å². The highest BCUT2D eigenvalue weighted by Gasteiger charge is 2.24. The Hall–Kier alpha value is -0.760. The molecule has 0 spiro atoms. The average molecular weight is 480 g/mol. The second kappa shape index (κ2) is 22.1. The van der Waals surface area contributed by atoms with Crippen molar-refractivity contribution in [3.05, 3.63) is 12.2 Å². The molecule has 0 fully saturated rings. The first-order chi connectivity index (χ1) is 15.4. The van der Waals surface area contributed by atoms with Crippen LogP contribution in [0.15, 0.2) is 12.2 Å². The Balaban J connectivity index is 3.63. The van der Waals surface area contributed by atoms with Crippen LogP contribution in [0.1, 0.15) is 96.8 Å². The summed E-state index contributed by atoms with van der Waals surface area (Å²) in [4.78, 5) is 21.3. The molecule has 190 valence electrons. The fraction of sp³-hybridized carbons (Fsp3) is 0.870. The maximum absolute atomic E-state index is 11.9. The van der Waals surface area contributed by atoms with Crippen LogP contribution in [0.5, 0.6) is 0 Å². The summed E-state index contributed by atoms with van der Waals surface area (Å²) in [6.45, 7) is 1.25. The van der Waals surface area contributed by atoms with Crippen LogP contribution < -0.4 is 5.73 Å². The lowest BCUT2D eigenvalue weighted by molar-refractivity contribution is -0.153. The number of hydrogen-bond donors (Lipinski definition) is 3. The molecule has 0 saturated carbocycles. The van der Waals surface area contributed by atoms with Gasteiger partial charge in [0.2, 0.25) is 0 Å². The summed E-state index contributed by atoms with van der Waals surface area (Å²) in [5, 5.41) is 9.26. The van der Waals surface area contributed by atoms with Gasteiger partial charge in [0.15, 0.2) is 0 Å². The maximum Gasteiger partial charge on any atom is 0.472 e. The van der Waals surface area contributed by atoms with Crippen LogP contribution in [0.2, 0.25) is 0 Å². The van der Waals surface area contributed by atoms with Gasteiger partial charge in [-0.15, -0.1) is 0 Å². The SMILES string of the molecule is CCCCCCCC/C=C\CCCCCCCC(=O)OC(CO)COP(=O)(O)OCCN. The van der Waals surface area contributed by atoms with E-state index in [0.29, 0.717) is 6.42 Å². The Morgan fingerprint density at radius 2 is 1.50 bits per heavy atom. The van der Waals surface area contributed by atoms with Crippen molar-refractivity contribution in [3.63, 3.8) is 0 Å². The van der Waals surface area contributed by atoms with E-state index in [-0.39, 0.29) is 19.6 Å². The molecule has 0 aromatic carbocycles. The molecule has 0 aliphatic heterocycles. The number of phosphoric ester groups is 1. The van der Waals surface area contributed by atoms with Gasteiger partial charge >= 0.3 is 13.8 Å². The lowest BCUT2D eigenvalue weighted by Gasteiger charge is -2.17. The second-order valence-electron chi connectivity index (χ2n) is 8.01. The summed E-state index contributed by atoms with van der Waals surface area (Å²) < 4.78 is 25.9. The minimum atomic E-state index is -4.26. The lowest BCUT2D eigenvalue weighted by Crippen LogP contribution is -2.27. The summed E-state index contributed by atoms with van der Waals surface area (Å²) in [6, 6.07) is 0. The van der Waals surface area contributed by atoms with E-state index < -0.39 is 33.1 Å². The lowest BCUT2D eigenvalue weighted by atomic mass is 10.1. The van der Waals surface area contributed by atoms with Crippen molar-refractivity contribution in [2.75, 3.05) is 26.4 Å². The first-order valence-electron chi connectivity index (χ1n) is 12.2. The van der Waals surface area contributed by atoms with Crippen LogP contribution in [-0.2, 0) is 23.1 Å². The van der Waals surface area contributed by atoms with E-state index >= 15 is 0 Å². The van der Waals surface area contributed by atoms with Crippen molar-refractivity contribution < 1.29 is 33.1 Å². The molecule has 2 unspecified atom stereocenters. The van der Waals surface area contributed by atoms with E-state index in [1.165, 1.54) is 44.9 Å². The van der Waals surface area contributed by atoms with Gasteiger partial charge in [-0.2, -0.15) is 0 Å². The highest BCUT2D eigenvalue weighted by Crippen LogP contribution is 2.42. The zero-order chi connectivity index (χ0) is 23.9. The van der Waals surface area contributed by atoms with Crippen molar-refractivity contribution >= 4 is 13.8 Å². The van der Waals surface area contributed by atoms with Crippen LogP contribution >= 0.6 is 7.82 Å². The zero-order valence-electron chi connectivity index (χ0n) is 19.9. The van der Waals surface area contributed by atoms with Gasteiger partial charge in [-0.05, 0) is 32.1 Å². The number of aliphatic hydroxyl groups is 1.